The molecule has 16 heavy (non-hydrogen) atoms. The first-order chi connectivity index (χ1) is 7.57. The highest BCUT2D eigenvalue weighted by Gasteiger charge is 2.30. The molecule has 1 amide bonds. The molecule has 90 valence electrons. The van der Waals surface area contributed by atoms with Gasteiger partial charge in [-0.15, -0.1) is 0 Å². The molecule has 1 atom stereocenters. The van der Waals surface area contributed by atoms with Crippen LogP contribution in [0.4, 0.5) is 0 Å². The van der Waals surface area contributed by atoms with Crippen LogP contribution in [0.1, 0.15) is 46.5 Å². The summed E-state index contributed by atoms with van der Waals surface area (Å²) >= 11 is 0. The second-order valence-corrected chi connectivity index (χ2v) is 5.10. The quantitative estimate of drug-likeness (QED) is 0.686. The fourth-order valence-electron chi connectivity index (χ4n) is 2.23. The van der Waals surface area contributed by atoms with E-state index in [-0.39, 0.29) is 18.4 Å². The Morgan fingerprint density at radius 1 is 1.38 bits per heavy atom. The molecular weight excluding hydrogens is 200 g/mol. The van der Waals surface area contributed by atoms with E-state index in [0.717, 1.165) is 12.8 Å². The average molecular weight is 222 g/mol. The van der Waals surface area contributed by atoms with Crippen LogP contribution in [0, 0.1) is 23.2 Å². The minimum Gasteiger partial charge on any atom is -0.326 e. The van der Waals surface area contributed by atoms with E-state index in [4.69, 9.17) is 5.26 Å². The summed E-state index contributed by atoms with van der Waals surface area (Å²) in [5, 5.41) is 8.82. The van der Waals surface area contributed by atoms with Gasteiger partial charge >= 0.3 is 0 Å². The normalized spacial score (nSPS) is 18.4. The molecule has 1 unspecified atom stereocenters. The predicted molar refractivity (Wildman–Crippen MR) is 63.6 cm³/mol. The molecular formula is C13H22N2O. The minimum atomic E-state index is 0.0222. The van der Waals surface area contributed by atoms with Crippen LogP contribution >= 0.6 is 0 Å². The number of rotatable bonds is 4. The summed E-state index contributed by atoms with van der Waals surface area (Å²) in [6.45, 7) is 6.33. The Labute approximate surface area is 98.4 Å². The molecule has 0 bridgehead atoms. The number of amides is 1. The second-order valence-electron chi connectivity index (χ2n) is 5.10. The standard InChI is InChI=1S/C13H22N2O/c1-10(2)11(3)13(16)15(9-8-14)12-6-4-5-7-12/h10-12H,4-7,9H2,1-3H3. The Morgan fingerprint density at radius 3 is 2.38 bits per heavy atom. The average Bonchev–Trinajstić information content (AvgIpc) is 2.76. The Kier molecular flexibility index (Phi) is 4.79. The van der Waals surface area contributed by atoms with E-state index in [1.54, 1.807) is 4.90 Å². The summed E-state index contributed by atoms with van der Waals surface area (Å²) in [5.74, 6) is 0.521. The van der Waals surface area contributed by atoms with E-state index in [0.29, 0.717) is 12.0 Å². The number of hydrogen-bond acceptors (Lipinski definition) is 2. The molecule has 0 heterocycles. The van der Waals surface area contributed by atoms with Gasteiger partial charge in [0, 0.05) is 12.0 Å². The van der Waals surface area contributed by atoms with Crippen LogP contribution in [-0.4, -0.2) is 23.4 Å². The molecule has 1 aliphatic carbocycles. The summed E-state index contributed by atoms with van der Waals surface area (Å²) in [6.07, 6.45) is 4.52. The summed E-state index contributed by atoms with van der Waals surface area (Å²) < 4.78 is 0. The maximum Gasteiger partial charge on any atom is 0.226 e. The van der Waals surface area contributed by atoms with Gasteiger partial charge in [-0.3, -0.25) is 4.79 Å². The van der Waals surface area contributed by atoms with E-state index < -0.39 is 0 Å². The van der Waals surface area contributed by atoms with Gasteiger partial charge in [0.2, 0.25) is 5.91 Å². The molecule has 1 aliphatic rings. The van der Waals surface area contributed by atoms with Crippen molar-refractivity contribution >= 4 is 5.91 Å². The minimum absolute atomic E-state index is 0.0222. The van der Waals surface area contributed by atoms with Gasteiger partial charge in [-0.2, -0.15) is 5.26 Å². The molecule has 0 aromatic carbocycles. The first-order valence-electron chi connectivity index (χ1n) is 6.25. The molecule has 3 nitrogen and oxygen atoms in total. The predicted octanol–water partition coefficient (Wildman–Crippen LogP) is 2.57. The van der Waals surface area contributed by atoms with Crippen molar-refractivity contribution in [3.05, 3.63) is 0 Å². The van der Waals surface area contributed by atoms with Crippen LogP contribution in [0.15, 0.2) is 0 Å². The maximum atomic E-state index is 12.2. The third kappa shape index (κ3) is 2.98. The lowest BCUT2D eigenvalue weighted by Gasteiger charge is -2.30. The molecule has 0 spiro atoms. The van der Waals surface area contributed by atoms with Crippen molar-refractivity contribution < 1.29 is 4.79 Å². The number of carbonyl (C=O) groups is 1. The number of hydrogen-bond donors (Lipinski definition) is 0. The molecule has 1 rings (SSSR count). The molecule has 0 aromatic rings. The SMILES string of the molecule is CC(C)C(C)C(=O)N(CC#N)C1CCCC1. The lowest BCUT2D eigenvalue weighted by Crippen LogP contribution is -2.43. The molecule has 0 N–H and O–H groups in total. The first kappa shape index (κ1) is 13.0. The Hall–Kier alpha value is -1.04. The number of carbonyl (C=O) groups excluding carboxylic acids is 1. The molecule has 1 saturated carbocycles. The molecule has 0 saturated heterocycles. The molecule has 0 radical (unpaired) electrons. The highest BCUT2D eigenvalue weighted by atomic mass is 16.2. The van der Waals surface area contributed by atoms with Crippen molar-refractivity contribution in [2.45, 2.75) is 52.5 Å². The maximum absolute atomic E-state index is 12.2. The van der Waals surface area contributed by atoms with Gasteiger partial charge in [0.05, 0.1) is 6.07 Å². The Bertz CT molecular complexity index is 274. The first-order valence-corrected chi connectivity index (χ1v) is 6.25. The van der Waals surface area contributed by atoms with Gasteiger partial charge in [0.1, 0.15) is 6.54 Å². The highest BCUT2D eigenvalue weighted by Crippen LogP contribution is 2.25. The van der Waals surface area contributed by atoms with Gasteiger partial charge in [-0.25, -0.2) is 0 Å². The Morgan fingerprint density at radius 2 is 1.94 bits per heavy atom. The van der Waals surface area contributed by atoms with Crippen molar-refractivity contribution in [3.8, 4) is 6.07 Å². The second kappa shape index (κ2) is 5.89. The highest BCUT2D eigenvalue weighted by molar-refractivity contribution is 5.79. The van der Waals surface area contributed by atoms with E-state index >= 15 is 0 Å². The fraction of sp³-hybridized carbons (Fsp3) is 0.846. The zero-order valence-electron chi connectivity index (χ0n) is 10.6. The van der Waals surface area contributed by atoms with E-state index in [1.807, 2.05) is 6.92 Å². The molecule has 0 aromatic heterocycles. The van der Waals surface area contributed by atoms with Gasteiger partial charge in [0.25, 0.3) is 0 Å². The topological polar surface area (TPSA) is 44.1 Å². The van der Waals surface area contributed by atoms with Crippen LogP contribution in [0.3, 0.4) is 0 Å². The van der Waals surface area contributed by atoms with E-state index in [1.165, 1.54) is 12.8 Å². The lowest BCUT2D eigenvalue weighted by molar-refractivity contribution is -0.137. The summed E-state index contributed by atoms with van der Waals surface area (Å²) in [5.41, 5.74) is 0. The zero-order chi connectivity index (χ0) is 12.1. The zero-order valence-corrected chi connectivity index (χ0v) is 10.6. The molecule has 0 aliphatic heterocycles. The fourth-order valence-corrected chi connectivity index (χ4v) is 2.23. The molecule has 3 heteroatoms. The van der Waals surface area contributed by atoms with Gasteiger partial charge in [-0.1, -0.05) is 33.6 Å². The van der Waals surface area contributed by atoms with Crippen molar-refractivity contribution in [3.63, 3.8) is 0 Å². The van der Waals surface area contributed by atoms with Crippen molar-refractivity contribution in [1.29, 1.82) is 5.26 Å². The van der Waals surface area contributed by atoms with Crippen molar-refractivity contribution in [2.24, 2.45) is 11.8 Å². The van der Waals surface area contributed by atoms with Crippen LogP contribution in [0.25, 0.3) is 0 Å². The van der Waals surface area contributed by atoms with Gasteiger partial charge < -0.3 is 4.90 Å². The monoisotopic (exact) mass is 222 g/mol. The Balaban J connectivity index is 2.69. The van der Waals surface area contributed by atoms with Crippen molar-refractivity contribution in [1.82, 2.24) is 4.90 Å². The van der Waals surface area contributed by atoms with Crippen LogP contribution in [0.2, 0.25) is 0 Å². The van der Waals surface area contributed by atoms with Gasteiger partial charge in [-0.05, 0) is 18.8 Å². The summed E-state index contributed by atoms with van der Waals surface area (Å²) in [6, 6.07) is 2.44. The number of nitriles is 1. The van der Waals surface area contributed by atoms with Crippen molar-refractivity contribution in [2.75, 3.05) is 6.54 Å². The van der Waals surface area contributed by atoms with E-state index in [2.05, 4.69) is 19.9 Å². The largest absolute Gasteiger partial charge is 0.326 e. The van der Waals surface area contributed by atoms with Crippen LogP contribution < -0.4 is 0 Å². The molecule has 1 fully saturated rings. The number of nitrogens with zero attached hydrogens (tertiary/aromatic N) is 2. The van der Waals surface area contributed by atoms with Crippen LogP contribution in [-0.2, 0) is 4.79 Å². The third-order valence-corrected chi connectivity index (χ3v) is 3.68. The lowest BCUT2D eigenvalue weighted by atomic mass is 9.95. The summed E-state index contributed by atoms with van der Waals surface area (Å²) in [4.78, 5) is 14.0. The summed E-state index contributed by atoms with van der Waals surface area (Å²) in [7, 11) is 0. The van der Waals surface area contributed by atoms with E-state index in [9.17, 15) is 4.79 Å². The third-order valence-electron chi connectivity index (χ3n) is 3.68. The van der Waals surface area contributed by atoms with Crippen LogP contribution in [0.5, 0.6) is 0 Å². The van der Waals surface area contributed by atoms with Gasteiger partial charge in [0.15, 0.2) is 0 Å². The smallest absolute Gasteiger partial charge is 0.226 e.